The van der Waals surface area contributed by atoms with Gasteiger partial charge in [-0.15, -0.1) is 0 Å². The van der Waals surface area contributed by atoms with E-state index in [-0.39, 0.29) is 11.9 Å². The molecule has 1 unspecified atom stereocenters. The summed E-state index contributed by atoms with van der Waals surface area (Å²) in [6.45, 7) is 2.95. The number of amides is 4. The lowest BCUT2D eigenvalue weighted by atomic mass is 9.94. The number of hydrogen-bond donors (Lipinski definition) is 1. The van der Waals surface area contributed by atoms with Crippen molar-refractivity contribution in [2.24, 2.45) is 15.9 Å². The van der Waals surface area contributed by atoms with Gasteiger partial charge in [0.15, 0.2) is 0 Å². The van der Waals surface area contributed by atoms with Crippen molar-refractivity contribution in [2.45, 2.75) is 26.3 Å². The molecule has 0 fully saturated rings. The Morgan fingerprint density at radius 1 is 1.27 bits per heavy atom. The molecule has 0 bridgehead atoms. The summed E-state index contributed by atoms with van der Waals surface area (Å²) in [5.41, 5.74) is 1.62. The van der Waals surface area contributed by atoms with Crippen LogP contribution in [0, 0.1) is 5.92 Å². The predicted molar refractivity (Wildman–Crippen MR) is 102 cm³/mol. The molecule has 4 amide bonds. The van der Waals surface area contributed by atoms with Gasteiger partial charge in [0.25, 0.3) is 0 Å². The molecule has 2 aliphatic rings. The highest BCUT2D eigenvalue weighted by Crippen LogP contribution is 2.21. The normalized spacial score (nSPS) is 20.1. The quantitative estimate of drug-likeness (QED) is 0.879. The van der Waals surface area contributed by atoms with E-state index in [0.29, 0.717) is 24.6 Å². The first-order valence-corrected chi connectivity index (χ1v) is 8.84. The first-order chi connectivity index (χ1) is 12.7. The van der Waals surface area contributed by atoms with Gasteiger partial charge in [0, 0.05) is 13.1 Å². The van der Waals surface area contributed by atoms with Crippen LogP contribution in [0.1, 0.15) is 25.3 Å². The number of fused-ring (bicyclic) bond motifs is 1. The van der Waals surface area contributed by atoms with Gasteiger partial charge in [0.2, 0.25) is 0 Å². The van der Waals surface area contributed by atoms with Crippen LogP contribution < -0.4 is 5.32 Å². The van der Waals surface area contributed by atoms with E-state index in [1.54, 1.807) is 6.08 Å². The molecule has 134 valence electrons. The van der Waals surface area contributed by atoms with Crippen molar-refractivity contribution in [3.63, 3.8) is 0 Å². The lowest BCUT2D eigenvalue weighted by Crippen LogP contribution is -2.47. The highest BCUT2D eigenvalue weighted by Gasteiger charge is 2.34. The Bertz CT molecular complexity index is 793. The van der Waals surface area contributed by atoms with Crippen LogP contribution >= 0.6 is 0 Å². The van der Waals surface area contributed by atoms with Crippen molar-refractivity contribution in [3.05, 3.63) is 60.2 Å². The summed E-state index contributed by atoms with van der Waals surface area (Å²) in [6.07, 6.45) is 9.18. The third-order valence-electron chi connectivity index (χ3n) is 4.25. The van der Waals surface area contributed by atoms with Crippen molar-refractivity contribution in [3.8, 4) is 0 Å². The maximum absolute atomic E-state index is 12.4. The molecule has 1 aromatic rings. The number of benzene rings is 1. The number of unbranched alkanes of at least 4 members (excludes halogenated alkanes) is 1. The molecule has 1 aliphatic heterocycles. The molecule has 6 heteroatoms. The number of urea groups is 2. The van der Waals surface area contributed by atoms with Gasteiger partial charge in [-0.1, -0.05) is 61.9 Å². The fourth-order valence-electron chi connectivity index (χ4n) is 2.87. The number of amidine groups is 1. The summed E-state index contributed by atoms with van der Waals surface area (Å²) < 4.78 is 0. The van der Waals surface area contributed by atoms with Crippen LogP contribution in [-0.2, 0) is 6.54 Å². The zero-order valence-corrected chi connectivity index (χ0v) is 14.8. The van der Waals surface area contributed by atoms with Crippen LogP contribution in [0.15, 0.2) is 64.6 Å². The monoisotopic (exact) mass is 350 g/mol. The van der Waals surface area contributed by atoms with Gasteiger partial charge in [-0.3, -0.25) is 4.90 Å². The van der Waals surface area contributed by atoms with Crippen LogP contribution in [0.2, 0.25) is 0 Å². The average Bonchev–Trinajstić information content (AvgIpc) is 2.66. The smallest absolute Gasteiger partial charge is 0.332 e. The summed E-state index contributed by atoms with van der Waals surface area (Å²) in [4.78, 5) is 34.6. The summed E-state index contributed by atoms with van der Waals surface area (Å²) in [6, 6.07) is 8.81. The molecule has 3 rings (SSSR count). The Morgan fingerprint density at radius 3 is 2.85 bits per heavy atom. The van der Waals surface area contributed by atoms with E-state index >= 15 is 0 Å². The molecule has 0 aromatic heterocycles. The Hall–Kier alpha value is -3.02. The zero-order chi connectivity index (χ0) is 18.4. The van der Waals surface area contributed by atoms with Gasteiger partial charge in [-0.25, -0.2) is 9.59 Å². The van der Waals surface area contributed by atoms with Crippen LogP contribution in [0.5, 0.6) is 0 Å². The number of nitrogens with zero attached hydrogens (tertiary/aromatic N) is 3. The number of nitrogens with one attached hydrogen (secondary N) is 1. The Labute approximate surface area is 153 Å². The summed E-state index contributed by atoms with van der Waals surface area (Å²) >= 11 is 0. The van der Waals surface area contributed by atoms with E-state index in [0.717, 1.165) is 18.4 Å². The Balaban J connectivity index is 1.80. The number of hydrogen-bond acceptors (Lipinski definition) is 2. The van der Waals surface area contributed by atoms with Crippen molar-refractivity contribution in [2.75, 3.05) is 6.54 Å². The molecule has 1 aromatic carbocycles. The van der Waals surface area contributed by atoms with E-state index in [1.807, 2.05) is 48.6 Å². The number of carbonyl (C=O) groups is 2. The average molecular weight is 350 g/mol. The van der Waals surface area contributed by atoms with E-state index in [4.69, 9.17) is 0 Å². The predicted octanol–water partition coefficient (Wildman–Crippen LogP) is 3.71. The molecule has 0 radical (unpaired) electrons. The molecule has 1 N–H and O–H groups in total. The Kier molecular flexibility index (Phi) is 5.73. The van der Waals surface area contributed by atoms with Crippen molar-refractivity contribution in [1.29, 1.82) is 0 Å². The third kappa shape index (κ3) is 4.14. The van der Waals surface area contributed by atoms with Gasteiger partial charge in [-0.05, 0) is 18.1 Å². The molecular formula is C20H22N4O2. The number of rotatable bonds is 5. The molecule has 6 nitrogen and oxygen atoms in total. The lowest BCUT2D eigenvalue weighted by Gasteiger charge is -2.31. The number of carbonyl (C=O) groups excluding carboxylic acids is 2. The highest BCUT2D eigenvalue weighted by atomic mass is 16.2. The second-order valence-corrected chi connectivity index (χ2v) is 6.16. The summed E-state index contributed by atoms with van der Waals surface area (Å²) in [5, 5.41) is 2.79. The van der Waals surface area contributed by atoms with Gasteiger partial charge < -0.3 is 5.32 Å². The largest absolute Gasteiger partial charge is 0.349 e. The molecule has 26 heavy (non-hydrogen) atoms. The van der Waals surface area contributed by atoms with E-state index in [9.17, 15) is 9.59 Å². The fourth-order valence-corrected chi connectivity index (χ4v) is 2.87. The third-order valence-corrected chi connectivity index (χ3v) is 4.25. The second-order valence-electron chi connectivity index (χ2n) is 6.16. The molecule has 0 saturated heterocycles. The van der Waals surface area contributed by atoms with Crippen LogP contribution in [0.3, 0.4) is 0 Å². The first kappa shape index (κ1) is 17.8. The number of aliphatic imine (C=N–C) groups is 2. The summed E-state index contributed by atoms with van der Waals surface area (Å²) in [7, 11) is 0. The van der Waals surface area contributed by atoms with Crippen molar-refractivity contribution >= 4 is 23.6 Å². The minimum atomic E-state index is -0.456. The maximum atomic E-state index is 12.4. The van der Waals surface area contributed by atoms with Gasteiger partial charge >= 0.3 is 12.1 Å². The van der Waals surface area contributed by atoms with Crippen LogP contribution in [0.25, 0.3) is 0 Å². The minimum absolute atomic E-state index is 0.267. The highest BCUT2D eigenvalue weighted by molar-refractivity contribution is 6.24. The van der Waals surface area contributed by atoms with Crippen molar-refractivity contribution < 1.29 is 9.59 Å². The van der Waals surface area contributed by atoms with E-state index in [2.05, 4.69) is 22.2 Å². The molecule has 0 saturated carbocycles. The lowest BCUT2D eigenvalue weighted by molar-refractivity contribution is 0.227. The molecule has 0 spiro atoms. The Morgan fingerprint density at radius 2 is 2.08 bits per heavy atom. The van der Waals surface area contributed by atoms with Crippen LogP contribution in [-0.4, -0.2) is 35.1 Å². The first-order valence-electron chi connectivity index (χ1n) is 8.84. The van der Waals surface area contributed by atoms with Gasteiger partial charge in [-0.2, -0.15) is 9.98 Å². The molecule has 1 aliphatic carbocycles. The van der Waals surface area contributed by atoms with Crippen LogP contribution in [0.4, 0.5) is 9.59 Å². The molecule has 1 atom stereocenters. The molecular weight excluding hydrogens is 328 g/mol. The number of allylic oxidation sites excluding steroid dienone is 3. The van der Waals surface area contributed by atoms with Gasteiger partial charge in [0.05, 0.1) is 11.6 Å². The second kappa shape index (κ2) is 8.38. The minimum Gasteiger partial charge on any atom is -0.332 e. The molecule has 1 heterocycles. The zero-order valence-electron chi connectivity index (χ0n) is 14.8. The SMILES string of the molecule is CCCCN1C(=O)N=C2C=CC=CC2/C1=N/C(=O)NCc1ccccc1. The fraction of sp³-hybridized carbons (Fsp3) is 0.300. The standard InChI is InChI=1S/C20H22N4O2/c1-2-3-13-24-18(16-11-7-8-12-17(16)22-20(24)26)23-19(25)21-14-15-9-5-4-6-10-15/h4-12,16H,2-3,13-14H2,1H3,(H,21,25)/b23-18-. The van der Waals surface area contributed by atoms with Gasteiger partial charge in [0.1, 0.15) is 5.84 Å². The van der Waals surface area contributed by atoms with E-state index < -0.39 is 6.03 Å². The van der Waals surface area contributed by atoms with Crippen molar-refractivity contribution in [1.82, 2.24) is 10.2 Å². The maximum Gasteiger partial charge on any atom is 0.349 e. The summed E-state index contributed by atoms with van der Waals surface area (Å²) in [5.74, 6) is 0.177. The topological polar surface area (TPSA) is 74.1 Å². The van der Waals surface area contributed by atoms with E-state index in [1.165, 1.54) is 4.90 Å².